The lowest BCUT2D eigenvalue weighted by Gasteiger charge is -2.03. The van der Waals surface area contributed by atoms with E-state index in [1.54, 1.807) is 12.1 Å². The number of sulfone groups is 1. The topological polar surface area (TPSA) is 70.0 Å². The molecule has 1 rings (SSSR count). The van der Waals surface area contributed by atoms with E-state index >= 15 is 0 Å². The Balaban J connectivity index is 3.12. The first kappa shape index (κ1) is 14.3. The number of hydrogen-bond acceptors (Lipinski definition) is 4. The quantitative estimate of drug-likeness (QED) is 0.511. The van der Waals surface area contributed by atoms with Gasteiger partial charge in [0.25, 0.3) is 0 Å². The van der Waals surface area contributed by atoms with Crippen LogP contribution in [-0.2, 0) is 9.84 Å². The Hall–Kier alpha value is -1.77. The van der Waals surface area contributed by atoms with E-state index in [1.807, 2.05) is 0 Å². The van der Waals surface area contributed by atoms with Gasteiger partial charge in [-0.3, -0.25) is 0 Å². The van der Waals surface area contributed by atoms with Crippen LogP contribution in [-0.4, -0.2) is 15.0 Å². The molecule has 0 saturated heterocycles. The lowest BCUT2D eigenvalue weighted by atomic mass is 10.4. The van der Waals surface area contributed by atoms with Crippen molar-refractivity contribution in [1.82, 2.24) is 5.32 Å². The first-order valence-electron chi connectivity index (χ1n) is 4.97. The van der Waals surface area contributed by atoms with Gasteiger partial charge >= 0.3 is 0 Å². The van der Waals surface area contributed by atoms with Crippen LogP contribution in [0.1, 0.15) is 0 Å². The number of benzene rings is 1. The summed E-state index contributed by atoms with van der Waals surface area (Å²) in [6.07, 6.45) is 2.71. The molecule has 0 unspecified atom stereocenters. The molecule has 0 saturated carbocycles. The third-order valence-corrected chi connectivity index (χ3v) is 3.95. The molecule has 0 fully saturated rings. The van der Waals surface area contributed by atoms with Crippen molar-refractivity contribution < 1.29 is 8.42 Å². The van der Waals surface area contributed by atoms with E-state index in [2.05, 4.69) is 11.9 Å². The summed E-state index contributed by atoms with van der Waals surface area (Å²) in [4.78, 5) is -0.327. The summed E-state index contributed by atoms with van der Waals surface area (Å²) in [5, 5.41) is 12.0. The van der Waals surface area contributed by atoms with Crippen LogP contribution in [0.15, 0.2) is 52.9 Å². The van der Waals surface area contributed by atoms with Crippen molar-refractivity contribution in [2.24, 2.45) is 0 Å². The van der Waals surface area contributed by atoms with Gasteiger partial charge in [-0.15, -0.1) is 6.58 Å². The van der Waals surface area contributed by atoms with Crippen LogP contribution in [0.2, 0.25) is 5.02 Å². The fourth-order valence-electron chi connectivity index (χ4n) is 1.15. The SMILES string of the molecule is C=CCN/C=C(/C#N)S(=O)(=O)c1ccc(Cl)cc1. The minimum atomic E-state index is -3.80. The lowest BCUT2D eigenvalue weighted by Crippen LogP contribution is -2.10. The third kappa shape index (κ3) is 3.36. The van der Waals surface area contributed by atoms with Crippen molar-refractivity contribution in [2.75, 3.05) is 6.54 Å². The van der Waals surface area contributed by atoms with E-state index in [4.69, 9.17) is 16.9 Å². The lowest BCUT2D eigenvalue weighted by molar-refractivity contribution is 0.603. The Morgan fingerprint density at radius 1 is 1.44 bits per heavy atom. The summed E-state index contributed by atoms with van der Waals surface area (Å²) in [7, 11) is -3.80. The zero-order valence-electron chi connectivity index (χ0n) is 9.43. The Morgan fingerprint density at radius 2 is 2.06 bits per heavy atom. The molecule has 94 valence electrons. The minimum absolute atomic E-state index is 0.0279. The number of nitrogens with zero attached hydrogens (tertiary/aromatic N) is 1. The Labute approximate surface area is 111 Å². The molecule has 0 amide bonds. The van der Waals surface area contributed by atoms with Gasteiger partial charge in [-0.25, -0.2) is 8.42 Å². The molecule has 0 spiro atoms. The number of halogens is 1. The molecule has 18 heavy (non-hydrogen) atoms. The molecule has 6 heteroatoms. The van der Waals surface area contributed by atoms with E-state index in [-0.39, 0.29) is 9.80 Å². The van der Waals surface area contributed by atoms with Crippen molar-refractivity contribution in [3.63, 3.8) is 0 Å². The molecule has 0 aliphatic heterocycles. The molecule has 0 aromatic heterocycles. The van der Waals surface area contributed by atoms with E-state index < -0.39 is 9.84 Å². The Morgan fingerprint density at radius 3 is 2.56 bits per heavy atom. The number of allylic oxidation sites excluding steroid dienone is 1. The van der Waals surface area contributed by atoms with Crippen LogP contribution in [0.3, 0.4) is 0 Å². The van der Waals surface area contributed by atoms with Crippen molar-refractivity contribution >= 4 is 21.4 Å². The summed E-state index contributed by atoms with van der Waals surface area (Å²) in [6.45, 7) is 3.85. The molecular weight excluding hydrogens is 272 g/mol. The number of rotatable bonds is 5. The van der Waals surface area contributed by atoms with Gasteiger partial charge in [0.15, 0.2) is 4.91 Å². The van der Waals surface area contributed by atoms with Crippen molar-refractivity contribution in [3.05, 3.63) is 53.0 Å². The second-order valence-electron chi connectivity index (χ2n) is 3.27. The van der Waals surface area contributed by atoms with Crippen LogP contribution in [0.4, 0.5) is 0 Å². The summed E-state index contributed by atoms with van der Waals surface area (Å²) >= 11 is 5.68. The van der Waals surface area contributed by atoms with Gasteiger partial charge in [0.1, 0.15) is 6.07 Å². The maximum absolute atomic E-state index is 12.1. The normalized spacial score (nSPS) is 11.7. The van der Waals surface area contributed by atoms with Gasteiger partial charge in [0, 0.05) is 17.8 Å². The fraction of sp³-hybridized carbons (Fsp3) is 0.0833. The van der Waals surface area contributed by atoms with E-state index in [0.29, 0.717) is 11.6 Å². The highest BCUT2D eigenvalue weighted by Gasteiger charge is 2.20. The van der Waals surface area contributed by atoms with Gasteiger partial charge in [0.2, 0.25) is 9.84 Å². The minimum Gasteiger partial charge on any atom is -0.386 e. The summed E-state index contributed by atoms with van der Waals surface area (Å²) in [5.41, 5.74) is 0. The zero-order valence-corrected chi connectivity index (χ0v) is 11.0. The molecule has 0 atom stereocenters. The van der Waals surface area contributed by atoms with E-state index in [1.165, 1.54) is 24.3 Å². The Bertz CT molecular complexity index is 598. The maximum Gasteiger partial charge on any atom is 0.218 e. The van der Waals surface area contributed by atoms with E-state index in [0.717, 1.165) is 6.20 Å². The van der Waals surface area contributed by atoms with Crippen LogP contribution in [0.25, 0.3) is 0 Å². The second-order valence-corrected chi connectivity index (χ2v) is 5.63. The van der Waals surface area contributed by atoms with Crippen LogP contribution in [0, 0.1) is 11.3 Å². The van der Waals surface area contributed by atoms with Gasteiger partial charge in [-0.1, -0.05) is 17.7 Å². The highest BCUT2D eigenvalue weighted by molar-refractivity contribution is 7.95. The van der Waals surface area contributed by atoms with E-state index in [9.17, 15) is 8.42 Å². The molecule has 0 aliphatic carbocycles. The molecule has 0 bridgehead atoms. The molecule has 4 nitrogen and oxygen atoms in total. The van der Waals surface area contributed by atoms with Gasteiger partial charge in [-0.05, 0) is 24.3 Å². The van der Waals surface area contributed by atoms with Gasteiger partial charge in [0.05, 0.1) is 4.90 Å². The van der Waals surface area contributed by atoms with Crippen LogP contribution >= 0.6 is 11.6 Å². The predicted molar refractivity (Wildman–Crippen MR) is 70.5 cm³/mol. The third-order valence-electron chi connectivity index (χ3n) is 2.02. The number of nitriles is 1. The molecule has 0 heterocycles. The van der Waals surface area contributed by atoms with Crippen molar-refractivity contribution in [2.45, 2.75) is 4.90 Å². The average Bonchev–Trinajstić information content (AvgIpc) is 2.35. The van der Waals surface area contributed by atoms with Crippen LogP contribution < -0.4 is 5.32 Å². The molecule has 0 radical (unpaired) electrons. The van der Waals surface area contributed by atoms with Gasteiger partial charge in [-0.2, -0.15) is 5.26 Å². The number of hydrogen-bond donors (Lipinski definition) is 1. The molecule has 1 N–H and O–H groups in total. The highest BCUT2D eigenvalue weighted by Crippen LogP contribution is 2.20. The first-order valence-corrected chi connectivity index (χ1v) is 6.83. The standard InChI is InChI=1S/C12H11ClN2O2S/c1-2-7-15-9-12(8-14)18(16,17)11-5-3-10(13)4-6-11/h2-6,9,15H,1,7H2/b12-9-. The van der Waals surface area contributed by atoms with Crippen molar-refractivity contribution in [1.29, 1.82) is 5.26 Å². The fourth-order valence-corrected chi connectivity index (χ4v) is 2.38. The average molecular weight is 283 g/mol. The molecule has 1 aromatic carbocycles. The number of nitrogens with one attached hydrogen (secondary N) is 1. The Kier molecular flexibility index (Phi) is 4.95. The first-order chi connectivity index (χ1) is 8.52. The van der Waals surface area contributed by atoms with Gasteiger partial charge < -0.3 is 5.32 Å². The summed E-state index contributed by atoms with van der Waals surface area (Å²) in [5.74, 6) is 0. The monoisotopic (exact) mass is 282 g/mol. The molecule has 1 aromatic rings. The second kappa shape index (κ2) is 6.24. The molecular formula is C12H11ClN2O2S. The largest absolute Gasteiger partial charge is 0.386 e. The van der Waals surface area contributed by atoms with Crippen molar-refractivity contribution in [3.8, 4) is 6.07 Å². The molecule has 0 aliphatic rings. The van der Waals surface area contributed by atoms with Crippen LogP contribution in [0.5, 0.6) is 0 Å². The zero-order chi connectivity index (χ0) is 13.6. The smallest absolute Gasteiger partial charge is 0.218 e. The predicted octanol–water partition coefficient (Wildman–Crippen LogP) is 2.25. The maximum atomic E-state index is 12.1. The highest BCUT2D eigenvalue weighted by atomic mass is 35.5. The summed E-state index contributed by atoms with van der Waals surface area (Å²) < 4.78 is 24.1. The summed E-state index contributed by atoms with van der Waals surface area (Å²) in [6, 6.07) is 7.29.